The first kappa shape index (κ1) is 12.8. The van der Waals surface area contributed by atoms with Crippen LogP contribution in [0.2, 0.25) is 0 Å². The smallest absolute Gasteiger partial charge is 0.338 e. The number of esters is 1. The molecule has 0 aliphatic heterocycles. The highest BCUT2D eigenvalue weighted by Crippen LogP contribution is 2.11. The van der Waals surface area contributed by atoms with Gasteiger partial charge in [0.1, 0.15) is 6.26 Å². The number of oxazole rings is 1. The Balaban J connectivity index is 2.03. The van der Waals surface area contributed by atoms with Crippen molar-refractivity contribution in [3.63, 3.8) is 0 Å². The van der Waals surface area contributed by atoms with Gasteiger partial charge in [-0.1, -0.05) is 0 Å². The lowest BCUT2D eigenvalue weighted by Crippen LogP contribution is -2.12. The first-order chi connectivity index (χ1) is 9.20. The maximum Gasteiger partial charge on any atom is 0.338 e. The summed E-state index contributed by atoms with van der Waals surface area (Å²) in [5.41, 5.74) is 1.18. The summed E-state index contributed by atoms with van der Waals surface area (Å²) in [5, 5.41) is 2.63. The van der Waals surface area contributed by atoms with Crippen LogP contribution in [0.5, 0.6) is 0 Å². The second-order valence-electron chi connectivity index (χ2n) is 3.63. The van der Waals surface area contributed by atoms with E-state index in [9.17, 15) is 9.59 Å². The number of hydrogen-bond donors (Lipinski definition) is 1. The summed E-state index contributed by atoms with van der Waals surface area (Å²) in [6.07, 6.45) is 2.43. The number of nitrogens with zero attached hydrogens (tertiary/aromatic N) is 1. The summed E-state index contributed by atoms with van der Waals surface area (Å²) < 4.78 is 9.58. The van der Waals surface area contributed by atoms with Gasteiger partial charge in [0.2, 0.25) is 0 Å². The summed E-state index contributed by atoms with van der Waals surface area (Å²) in [6, 6.07) is 6.39. The molecule has 1 N–H and O–H groups in total. The number of anilines is 1. The SMILES string of the molecule is CCOC(=O)c1ccc(NC(=O)c2cocn2)cc1. The van der Waals surface area contributed by atoms with Gasteiger partial charge < -0.3 is 14.5 Å². The second kappa shape index (κ2) is 5.81. The standard InChI is InChI=1S/C13H12N2O4/c1-2-19-13(17)9-3-5-10(6-4-9)15-12(16)11-7-18-8-14-11/h3-8H,2H2,1H3,(H,15,16). The van der Waals surface area contributed by atoms with Gasteiger partial charge in [0, 0.05) is 5.69 Å². The molecule has 6 heteroatoms. The van der Waals surface area contributed by atoms with Crippen molar-refractivity contribution in [2.75, 3.05) is 11.9 Å². The Hall–Kier alpha value is -2.63. The maximum absolute atomic E-state index is 11.7. The minimum atomic E-state index is -0.392. The molecule has 0 unspecified atom stereocenters. The normalized spacial score (nSPS) is 9.95. The largest absolute Gasteiger partial charge is 0.462 e. The van der Waals surface area contributed by atoms with E-state index in [1.165, 1.54) is 12.7 Å². The quantitative estimate of drug-likeness (QED) is 0.851. The lowest BCUT2D eigenvalue weighted by atomic mass is 10.2. The molecule has 0 atom stereocenters. The van der Waals surface area contributed by atoms with E-state index in [1.54, 1.807) is 31.2 Å². The molecule has 0 saturated heterocycles. The van der Waals surface area contributed by atoms with E-state index in [0.29, 0.717) is 17.9 Å². The molecule has 0 spiro atoms. The first-order valence-electron chi connectivity index (χ1n) is 5.67. The number of aromatic nitrogens is 1. The Bertz CT molecular complexity index is 561. The Labute approximate surface area is 109 Å². The Morgan fingerprint density at radius 3 is 2.63 bits per heavy atom. The summed E-state index contributed by atoms with van der Waals surface area (Å²) >= 11 is 0. The zero-order valence-corrected chi connectivity index (χ0v) is 10.3. The molecular weight excluding hydrogens is 248 g/mol. The van der Waals surface area contributed by atoms with Gasteiger partial charge in [-0.3, -0.25) is 4.79 Å². The van der Waals surface area contributed by atoms with E-state index in [1.807, 2.05) is 0 Å². The van der Waals surface area contributed by atoms with Crippen LogP contribution in [-0.4, -0.2) is 23.5 Å². The molecular formula is C13H12N2O4. The molecule has 2 rings (SSSR count). The van der Waals surface area contributed by atoms with Gasteiger partial charge in [0.05, 0.1) is 12.2 Å². The molecule has 1 aromatic carbocycles. The zero-order chi connectivity index (χ0) is 13.7. The van der Waals surface area contributed by atoms with E-state index >= 15 is 0 Å². The highest BCUT2D eigenvalue weighted by molar-refractivity contribution is 6.02. The van der Waals surface area contributed by atoms with Crippen molar-refractivity contribution in [2.45, 2.75) is 6.92 Å². The number of carbonyl (C=O) groups excluding carboxylic acids is 2. The molecule has 19 heavy (non-hydrogen) atoms. The van der Waals surface area contributed by atoms with Crippen LogP contribution in [0.3, 0.4) is 0 Å². The van der Waals surface area contributed by atoms with Crippen molar-refractivity contribution >= 4 is 17.6 Å². The molecule has 2 aromatic rings. The molecule has 0 radical (unpaired) electrons. The zero-order valence-electron chi connectivity index (χ0n) is 10.3. The third-order valence-corrected chi connectivity index (χ3v) is 2.32. The Kier molecular flexibility index (Phi) is 3.92. The fraction of sp³-hybridized carbons (Fsp3) is 0.154. The van der Waals surface area contributed by atoms with Crippen LogP contribution in [0.4, 0.5) is 5.69 Å². The van der Waals surface area contributed by atoms with Gasteiger partial charge in [0.15, 0.2) is 12.1 Å². The summed E-state index contributed by atoms with van der Waals surface area (Å²) in [7, 11) is 0. The van der Waals surface area contributed by atoms with Crippen molar-refractivity contribution in [2.24, 2.45) is 0 Å². The third kappa shape index (κ3) is 3.19. The van der Waals surface area contributed by atoms with Gasteiger partial charge in [-0.25, -0.2) is 9.78 Å². The second-order valence-corrected chi connectivity index (χ2v) is 3.63. The van der Waals surface area contributed by atoms with Gasteiger partial charge in [-0.2, -0.15) is 0 Å². The molecule has 0 aliphatic rings. The lowest BCUT2D eigenvalue weighted by molar-refractivity contribution is 0.0526. The summed E-state index contributed by atoms with van der Waals surface area (Å²) in [6.45, 7) is 2.06. The van der Waals surface area contributed by atoms with Crippen molar-refractivity contribution in [1.82, 2.24) is 4.98 Å². The van der Waals surface area contributed by atoms with E-state index in [2.05, 4.69) is 10.3 Å². The van der Waals surface area contributed by atoms with Crippen LogP contribution < -0.4 is 5.32 Å². The molecule has 0 aliphatic carbocycles. The van der Waals surface area contributed by atoms with Gasteiger partial charge in [0.25, 0.3) is 5.91 Å². The van der Waals surface area contributed by atoms with Crippen molar-refractivity contribution in [3.05, 3.63) is 48.2 Å². The van der Waals surface area contributed by atoms with E-state index < -0.39 is 5.97 Å². The van der Waals surface area contributed by atoms with Crippen LogP contribution >= 0.6 is 0 Å². The van der Waals surface area contributed by atoms with Crippen LogP contribution in [0.1, 0.15) is 27.8 Å². The summed E-state index contributed by atoms with van der Waals surface area (Å²) in [4.78, 5) is 26.8. The number of ether oxygens (including phenoxy) is 1. The van der Waals surface area contributed by atoms with Crippen molar-refractivity contribution < 1.29 is 18.7 Å². The Morgan fingerprint density at radius 2 is 2.05 bits per heavy atom. The highest BCUT2D eigenvalue weighted by Gasteiger charge is 2.10. The fourth-order valence-electron chi connectivity index (χ4n) is 1.42. The molecule has 1 aromatic heterocycles. The van der Waals surface area contributed by atoms with Crippen LogP contribution in [-0.2, 0) is 4.74 Å². The minimum Gasteiger partial charge on any atom is -0.462 e. The number of hydrogen-bond acceptors (Lipinski definition) is 5. The van der Waals surface area contributed by atoms with Crippen molar-refractivity contribution in [3.8, 4) is 0 Å². The molecule has 0 saturated carbocycles. The van der Waals surface area contributed by atoms with Crippen LogP contribution in [0.25, 0.3) is 0 Å². The lowest BCUT2D eigenvalue weighted by Gasteiger charge is -2.04. The van der Waals surface area contributed by atoms with Crippen LogP contribution in [0.15, 0.2) is 41.3 Å². The number of nitrogens with one attached hydrogen (secondary N) is 1. The summed E-state index contributed by atoms with van der Waals surface area (Å²) in [5.74, 6) is -0.769. The molecule has 98 valence electrons. The van der Waals surface area contributed by atoms with Crippen molar-refractivity contribution in [1.29, 1.82) is 0 Å². The van der Waals surface area contributed by atoms with E-state index in [4.69, 9.17) is 9.15 Å². The first-order valence-corrected chi connectivity index (χ1v) is 5.67. The maximum atomic E-state index is 11.7. The highest BCUT2D eigenvalue weighted by atomic mass is 16.5. The molecule has 6 nitrogen and oxygen atoms in total. The van der Waals surface area contributed by atoms with Gasteiger partial charge in [-0.15, -0.1) is 0 Å². The number of amides is 1. The number of benzene rings is 1. The topological polar surface area (TPSA) is 81.4 Å². The molecule has 1 heterocycles. The molecule has 1 amide bonds. The van der Waals surface area contributed by atoms with Gasteiger partial charge >= 0.3 is 5.97 Å². The average molecular weight is 260 g/mol. The number of carbonyl (C=O) groups is 2. The Morgan fingerprint density at radius 1 is 1.32 bits per heavy atom. The van der Waals surface area contributed by atoms with Crippen LogP contribution in [0, 0.1) is 0 Å². The third-order valence-electron chi connectivity index (χ3n) is 2.32. The van der Waals surface area contributed by atoms with E-state index in [-0.39, 0.29) is 11.6 Å². The molecule has 0 bridgehead atoms. The predicted molar refractivity (Wildman–Crippen MR) is 66.9 cm³/mol. The molecule has 0 fully saturated rings. The average Bonchev–Trinajstić information content (AvgIpc) is 2.94. The predicted octanol–water partition coefficient (Wildman–Crippen LogP) is 2.10. The fourth-order valence-corrected chi connectivity index (χ4v) is 1.42. The monoisotopic (exact) mass is 260 g/mol. The van der Waals surface area contributed by atoms with Gasteiger partial charge in [-0.05, 0) is 31.2 Å². The van der Waals surface area contributed by atoms with E-state index in [0.717, 1.165) is 0 Å². The minimum absolute atomic E-state index is 0.189. The number of rotatable bonds is 4.